The molecule has 1 amide bonds. The van der Waals surface area contributed by atoms with Crippen molar-refractivity contribution in [2.24, 2.45) is 11.8 Å². The van der Waals surface area contributed by atoms with Gasteiger partial charge in [0, 0.05) is 25.6 Å². The second kappa shape index (κ2) is 7.19. The molecular weight excluding hydrogens is 310 g/mol. The summed E-state index contributed by atoms with van der Waals surface area (Å²) in [6.45, 7) is 5.00. The third kappa shape index (κ3) is 3.44. The van der Waals surface area contributed by atoms with Gasteiger partial charge in [0.1, 0.15) is 5.82 Å². The Morgan fingerprint density at radius 1 is 1.08 bits per heavy atom. The van der Waals surface area contributed by atoms with Gasteiger partial charge in [-0.2, -0.15) is 0 Å². The maximum Gasteiger partial charge on any atom is 0.225 e. The molecule has 1 aromatic heterocycles. The van der Waals surface area contributed by atoms with E-state index in [2.05, 4.69) is 45.6 Å². The molecule has 134 valence electrons. The van der Waals surface area contributed by atoms with Gasteiger partial charge in [-0.3, -0.25) is 4.79 Å². The Bertz CT molecular complexity index is 737. The number of hydrogen-bond acceptors (Lipinski definition) is 2. The highest BCUT2D eigenvalue weighted by Gasteiger charge is 2.29. The van der Waals surface area contributed by atoms with Crippen LogP contribution in [0.3, 0.4) is 0 Å². The Morgan fingerprint density at radius 2 is 1.80 bits per heavy atom. The highest BCUT2D eigenvalue weighted by atomic mass is 16.2. The Balaban J connectivity index is 1.37. The Hall–Kier alpha value is -1.84. The molecule has 4 nitrogen and oxygen atoms in total. The molecular formula is C21H29N3O. The molecule has 0 radical (unpaired) electrons. The van der Waals surface area contributed by atoms with E-state index in [4.69, 9.17) is 0 Å². The fraction of sp³-hybridized carbons (Fsp3) is 0.619. The number of carbonyl (C=O) groups excluding carboxylic acids is 1. The second-order valence-corrected chi connectivity index (χ2v) is 7.86. The van der Waals surface area contributed by atoms with Crippen molar-refractivity contribution in [2.45, 2.75) is 58.4 Å². The molecule has 1 saturated heterocycles. The average Bonchev–Trinajstić information content (AvgIpc) is 2.98. The SMILES string of the molecule is Cc1nc2ccccc2n1CC1CCN(C(=O)C2CCCCC2)CC1. The van der Waals surface area contributed by atoms with Gasteiger partial charge in [0.15, 0.2) is 0 Å². The smallest absolute Gasteiger partial charge is 0.225 e. The van der Waals surface area contributed by atoms with Gasteiger partial charge in [0.05, 0.1) is 11.0 Å². The standard InChI is InChI=1S/C21H29N3O/c1-16-22-19-9-5-6-10-20(19)24(16)15-17-11-13-23(14-12-17)21(25)18-7-3-2-4-8-18/h5-6,9-10,17-18H,2-4,7-8,11-15H2,1H3. The summed E-state index contributed by atoms with van der Waals surface area (Å²) in [5, 5.41) is 0. The van der Waals surface area contributed by atoms with Crippen LogP contribution in [0.1, 0.15) is 50.8 Å². The second-order valence-electron chi connectivity index (χ2n) is 7.86. The fourth-order valence-electron chi connectivity index (χ4n) is 4.63. The van der Waals surface area contributed by atoms with Crippen molar-refractivity contribution < 1.29 is 4.79 Å². The summed E-state index contributed by atoms with van der Waals surface area (Å²) in [5.41, 5.74) is 2.32. The molecule has 0 N–H and O–H groups in total. The number of likely N-dealkylation sites (tertiary alicyclic amines) is 1. The van der Waals surface area contributed by atoms with E-state index in [1.807, 2.05) is 0 Å². The fourth-order valence-corrected chi connectivity index (χ4v) is 4.63. The molecule has 1 aliphatic carbocycles. The minimum atomic E-state index is 0.310. The molecule has 25 heavy (non-hydrogen) atoms. The van der Waals surface area contributed by atoms with Crippen LogP contribution in [0.15, 0.2) is 24.3 Å². The molecule has 1 saturated carbocycles. The predicted octanol–water partition coefficient (Wildman–Crippen LogP) is 4.16. The molecule has 2 fully saturated rings. The summed E-state index contributed by atoms with van der Waals surface area (Å²) in [7, 11) is 0. The van der Waals surface area contributed by atoms with Gasteiger partial charge in [-0.15, -0.1) is 0 Å². The van der Waals surface area contributed by atoms with Crippen LogP contribution in [-0.2, 0) is 11.3 Å². The van der Waals surface area contributed by atoms with Crippen LogP contribution in [0.2, 0.25) is 0 Å². The zero-order valence-electron chi connectivity index (χ0n) is 15.3. The Morgan fingerprint density at radius 3 is 2.56 bits per heavy atom. The van der Waals surface area contributed by atoms with Crippen molar-refractivity contribution in [3.63, 3.8) is 0 Å². The maximum atomic E-state index is 12.7. The number of hydrogen-bond donors (Lipinski definition) is 0. The molecule has 2 heterocycles. The molecule has 4 rings (SSSR count). The Labute approximate surface area is 150 Å². The Kier molecular flexibility index (Phi) is 4.78. The lowest BCUT2D eigenvalue weighted by Gasteiger charge is -2.35. The number of nitrogens with zero attached hydrogens (tertiary/aromatic N) is 3. The molecule has 1 aliphatic heterocycles. The quantitative estimate of drug-likeness (QED) is 0.842. The summed E-state index contributed by atoms with van der Waals surface area (Å²) in [6.07, 6.45) is 8.23. The van der Waals surface area contributed by atoms with Crippen LogP contribution < -0.4 is 0 Å². The van der Waals surface area contributed by atoms with Gasteiger partial charge in [-0.25, -0.2) is 4.98 Å². The van der Waals surface area contributed by atoms with Crippen molar-refractivity contribution in [3.8, 4) is 0 Å². The molecule has 0 spiro atoms. The molecule has 1 aromatic carbocycles. The highest BCUT2D eigenvalue weighted by molar-refractivity contribution is 5.79. The van der Waals surface area contributed by atoms with Gasteiger partial charge < -0.3 is 9.47 Å². The normalized spacial score (nSPS) is 20.3. The number of aromatic nitrogens is 2. The summed E-state index contributed by atoms with van der Waals surface area (Å²) in [5.74, 6) is 2.49. The molecule has 2 aliphatic rings. The van der Waals surface area contributed by atoms with Crippen molar-refractivity contribution in [1.82, 2.24) is 14.5 Å². The van der Waals surface area contributed by atoms with Crippen LogP contribution in [0.4, 0.5) is 0 Å². The first-order valence-corrected chi connectivity index (χ1v) is 9.93. The van der Waals surface area contributed by atoms with E-state index in [9.17, 15) is 4.79 Å². The van der Waals surface area contributed by atoms with Gasteiger partial charge in [-0.1, -0.05) is 31.4 Å². The minimum Gasteiger partial charge on any atom is -0.342 e. The van der Waals surface area contributed by atoms with Crippen molar-refractivity contribution in [3.05, 3.63) is 30.1 Å². The van der Waals surface area contributed by atoms with Crippen LogP contribution in [-0.4, -0.2) is 33.4 Å². The largest absolute Gasteiger partial charge is 0.342 e. The molecule has 0 unspecified atom stereocenters. The predicted molar refractivity (Wildman–Crippen MR) is 100 cm³/mol. The van der Waals surface area contributed by atoms with Crippen LogP contribution >= 0.6 is 0 Å². The number of aryl methyl sites for hydroxylation is 1. The van der Waals surface area contributed by atoms with Crippen LogP contribution in [0.25, 0.3) is 11.0 Å². The van der Waals surface area contributed by atoms with Gasteiger partial charge >= 0.3 is 0 Å². The molecule has 0 bridgehead atoms. The maximum absolute atomic E-state index is 12.7. The van der Waals surface area contributed by atoms with Crippen molar-refractivity contribution >= 4 is 16.9 Å². The van der Waals surface area contributed by atoms with E-state index in [1.54, 1.807) is 0 Å². The first-order valence-electron chi connectivity index (χ1n) is 9.93. The van der Waals surface area contributed by atoms with E-state index in [1.165, 1.54) is 24.8 Å². The number of para-hydroxylation sites is 2. The lowest BCUT2D eigenvalue weighted by molar-refractivity contribution is -0.138. The van der Waals surface area contributed by atoms with Crippen LogP contribution in [0, 0.1) is 18.8 Å². The van der Waals surface area contributed by atoms with Gasteiger partial charge in [0.25, 0.3) is 0 Å². The monoisotopic (exact) mass is 339 g/mol. The first-order chi connectivity index (χ1) is 12.2. The van der Waals surface area contributed by atoms with Crippen LogP contribution in [0.5, 0.6) is 0 Å². The van der Waals surface area contributed by atoms with E-state index >= 15 is 0 Å². The third-order valence-corrected chi connectivity index (χ3v) is 6.17. The number of fused-ring (bicyclic) bond motifs is 1. The molecule has 4 heteroatoms. The summed E-state index contributed by atoms with van der Waals surface area (Å²) >= 11 is 0. The summed E-state index contributed by atoms with van der Waals surface area (Å²) in [4.78, 5) is 19.5. The number of piperidine rings is 1. The van der Waals surface area contributed by atoms with E-state index < -0.39 is 0 Å². The topological polar surface area (TPSA) is 38.1 Å². The first kappa shape index (κ1) is 16.6. The van der Waals surface area contributed by atoms with Crippen molar-refractivity contribution in [1.29, 1.82) is 0 Å². The summed E-state index contributed by atoms with van der Waals surface area (Å²) in [6, 6.07) is 8.39. The lowest BCUT2D eigenvalue weighted by Crippen LogP contribution is -2.42. The number of carbonyl (C=O) groups is 1. The third-order valence-electron chi connectivity index (χ3n) is 6.17. The van der Waals surface area contributed by atoms with E-state index in [0.29, 0.717) is 17.7 Å². The lowest BCUT2D eigenvalue weighted by atomic mass is 9.87. The molecule has 2 aromatic rings. The summed E-state index contributed by atoms with van der Waals surface area (Å²) < 4.78 is 2.36. The number of rotatable bonds is 3. The highest BCUT2D eigenvalue weighted by Crippen LogP contribution is 2.28. The van der Waals surface area contributed by atoms with Gasteiger partial charge in [0.2, 0.25) is 5.91 Å². The number of imidazole rings is 1. The van der Waals surface area contributed by atoms with Crippen molar-refractivity contribution in [2.75, 3.05) is 13.1 Å². The zero-order chi connectivity index (χ0) is 17.2. The van der Waals surface area contributed by atoms with E-state index in [0.717, 1.165) is 56.7 Å². The number of amides is 1. The zero-order valence-corrected chi connectivity index (χ0v) is 15.3. The number of benzene rings is 1. The van der Waals surface area contributed by atoms with Gasteiger partial charge in [-0.05, 0) is 50.7 Å². The van der Waals surface area contributed by atoms with E-state index in [-0.39, 0.29) is 0 Å². The molecule has 0 atom stereocenters. The minimum absolute atomic E-state index is 0.310. The average molecular weight is 339 g/mol.